The monoisotopic (exact) mass is 837 g/mol. The molecular weight excluding hydrogens is 782 g/mol. The highest BCUT2D eigenvalue weighted by atomic mass is 16.7. The van der Waals surface area contributed by atoms with E-state index in [9.17, 15) is 28.8 Å². The van der Waals surface area contributed by atoms with Crippen molar-refractivity contribution in [1.82, 2.24) is 15.5 Å². The molecule has 2 aromatic carbocycles. The third kappa shape index (κ3) is 13.5. The van der Waals surface area contributed by atoms with Crippen molar-refractivity contribution < 1.29 is 66.7 Å². The van der Waals surface area contributed by atoms with Crippen LogP contribution in [-0.4, -0.2) is 95.4 Å². The maximum Gasteiger partial charge on any atom is 0.331 e. The van der Waals surface area contributed by atoms with Crippen molar-refractivity contribution in [3.8, 4) is 11.6 Å². The van der Waals surface area contributed by atoms with Gasteiger partial charge in [-0.25, -0.2) is 4.79 Å². The highest BCUT2D eigenvalue weighted by molar-refractivity contribution is 5.87. The summed E-state index contributed by atoms with van der Waals surface area (Å²) in [6.07, 6.45) is -5.99. The lowest BCUT2D eigenvalue weighted by molar-refractivity contribution is -0.289. The van der Waals surface area contributed by atoms with E-state index in [1.54, 1.807) is 13.8 Å². The number of aromatic nitrogens is 2. The molecule has 0 spiro atoms. The van der Waals surface area contributed by atoms with E-state index in [0.29, 0.717) is 24.2 Å². The summed E-state index contributed by atoms with van der Waals surface area (Å²) in [7, 11) is 0. The van der Waals surface area contributed by atoms with Crippen molar-refractivity contribution in [2.24, 2.45) is 0 Å². The van der Waals surface area contributed by atoms with Crippen molar-refractivity contribution in [3.63, 3.8) is 0 Å². The van der Waals surface area contributed by atoms with Crippen LogP contribution in [0.5, 0.6) is 11.6 Å². The molecule has 1 aliphatic rings. The van der Waals surface area contributed by atoms with E-state index in [0.717, 1.165) is 43.2 Å². The number of benzene rings is 2. The third-order valence-electron chi connectivity index (χ3n) is 9.29. The Hall–Kier alpha value is -5.97. The van der Waals surface area contributed by atoms with Crippen LogP contribution in [0.25, 0.3) is 0 Å². The molecular formula is C43H55N3O14. The van der Waals surface area contributed by atoms with Gasteiger partial charge in [-0.3, -0.25) is 29.1 Å². The number of aromatic amines is 1. The number of amides is 1. The number of ether oxygens (including phenoxy) is 8. The van der Waals surface area contributed by atoms with Crippen molar-refractivity contribution in [1.29, 1.82) is 0 Å². The molecule has 1 amide bonds. The van der Waals surface area contributed by atoms with Crippen molar-refractivity contribution in [3.05, 3.63) is 76.5 Å². The summed E-state index contributed by atoms with van der Waals surface area (Å²) in [5.74, 6) is -3.12. The summed E-state index contributed by atoms with van der Waals surface area (Å²) in [5.41, 5.74) is 2.83. The number of hydrogen-bond acceptors (Lipinski definition) is 15. The molecule has 0 radical (unpaired) electrons. The Morgan fingerprint density at radius 2 is 1.50 bits per heavy atom. The van der Waals surface area contributed by atoms with E-state index in [1.807, 2.05) is 69.3 Å². The predicted molar refractivity (Wildman–Crippen MR) is 212 cm³/mol. The number of H-pyrrole nitrogens is 1. The van der Waals surface area contributed by atoms with Crippen LogP contribution in [0.3, 0.4) is 0 Å². The molecule has 5 atom stereocenters. The van der Waals surface area contributed by atoms with Crippen molar-refractivity contribution >= 4 is 35.8 Å². The molecule has 3 aromatic rings. The molecule has 0 bridgehead atoms. The van der Waals surface area contributed by atoms with Gasteiger partial charge in [0.25, 0.3) is 0 Å². The van der Waals surface area contributed by atoms with E-state index in [1.165, 1.54) is 6.92 Å². The smallest absolute Gasteiger partial charge is 0.331 e. The van der Waals surface area contributed by atoms with Crippen molar-refractivity contribution in [2.75, 3.05) is 13.2 Å². The Kier molecular flexibility index (Phi) is 16.6. The topological polar surface area (TPSA) is 217 Å². The molecule has 1 aliphatic heterocycles. The highest BCUT2D eigenvalue weighted by Crippen LogP contribution is 2.35. The van der Waals surface area contributed by atoms with Crippen LogP contribution in [0.2, 0.25) is 0 Å². The van der Waals surface area contributed by atoms with Gasteiger partial charge < -0.3 is 43.2 Å². The number of aryl methyl sites for hydroxylation is 1. The normalized spacial score (nSPS) is 18.8. The molecule has 0 aliphatic carbocycles. The van der Waals surface area contributed by atoms with Crippen LogP contribution in [0.15, 0.2) is 48.5 Å². The van der Waals surface area contributed by atoms with Gasteiger partial charge in [-0.15, -0.1) is 5.10 Å². The zero-order chi connectivity index (χ0) is 44.1. The van der Waals surface area contributed by atoms with Gasteiger partial charge in [0.15, 0.2) is 12.2 Å². The van der Waals surface area contributed by atoms with Crippen LogP contribution in [-0.2, 0) is 70.2 Å². The van der Waals surface area contributed by atoms with E-state index >= 15 is 0 Å². The number of nitrogens with one attached hydrogen (secondary N) is 2. The molecule has 17 heteroatoms. The van der Waals surface area contributed by atoms with Crippen LogP contribution in [0.4, 0.5) is 0 Å². The number of nitrogens with zero attached hydrogens (tertiary/aromatic N) is 1. The van der Waals surface area contributed by atoms with Gasteiger partial charge in [0.2, 0.25) is 24.2 Å². The van der Waals surface area contributed by atoms with E-state index in [4.69, 9.17) is 37.9 Å². The van der Waals surface area contributed by atoms with Crippen LogP contribution in [0.1, 0.15) is 102 Å². The van der Waals surface area contributed by atoms with Crippen molar-refractivity contribution in [2.45, 2.75) is 130 Å². The van der Waals surface area contributed by atoms with Crippen LogP contribution < -0.4 is 14.8 Å². The van der Waals surface area contributed by atoms with E-state index in [2.05, 4.69) is 15.5 Å². The molecule has 60 heavy (non-hydrogen) atoms. The molecule has 2 N–H and O–H groups in total. The summed E-state index contributed by atoms with van der Waals surface area (Å²) >= 11 is 0. The standard InChI is InChI=1S/C43H55N3O14/c1-24(2)36-33(40(46-45-36)60-41-39(58-29(7)50)38(57-28(6)49)37(56-27(5)48)34(59-41)23-54-26(4)47)21-31-17-18-32(20-25(31)3)53-19-13-16-35(51)44-43(8,9)42(52)55-22-30-14-11-10-12-15-30/h10-12,14-15,17-18,20,24,34,37-39,41H,13,16,19,21-23H2,1-9H3,(H,44,51)(H,45,46)/t34-,37+,38+,39-,41+/m1/s1. The Morgan fingerprint density at radius 1 is 0.850 bits per heavy atom. The Morgan fingerprint density at radius 3 is 2.12 bits per heavy atom. The molecule has 0 saturated carbocycles. The van der Waals surface area contributed by atoms with E-state index < -0.39 is 72.7 Å². The maximum absolute atomic E-state index is 12.7. The third-order valence-corrected chi connectivity index (χ3v) is 9.29. The zero-order valence-corrected chi connectivity index (χ0v) is 35.5. The molecule has 1 aromatic heterocycles. The summed E-state index contributed by atoms with van der Waals surface area (Å²) in [5, 5.41) is 10.2. The molecule has 1 fully saturated rings. The summed E-state index contributed by atoms with van der Waals surface area (Å²) in [4.78, 5) is 73.9. The van der Waals surface area contributed by atoms with Gasteiger partial charge >= 0.3 is 29.8 Å². The van der Waals surface area contributed by atoms with Gasteiger partial charge in [0.05, 0.1) is 6.61 Å². The number of esters is 5. The number of rotatable bonds is 19. The molecule has 4 rings (SSSR count). The fourth-order valence-corrected chi connectivity index (χ4v) is 6.44. The minimum atomic E-state index is -1.47. The molecule has 2 heterocycles. The lowest BCUT2D eigenvalue weighted by Crippen LogP contribution is -2.63. The second-order valence-electron chi connectivity index (χ2n) is 15.2. The lowest BCUT2D eigenvalue weighted by atomic mass is 9.96. The molecule has 17 nitrogen and oxygen atoms in total. The van der Waals surface area contributed by atoms with Crippen LogP contribution in [0, 0.1) is 6.92 Å². The maximum atomic E-state index is 12.7. The predicted octanol–water partition coefficient (Wildman–Crippen LogP) is 4.69. The van der Waals surface area contributed by atoms with Gasteiger partial charge in [0, 0.05) is 51.8 Å². The van der Waals surface area contributed by atoms with Crippen LogP contribution >= 0.6 is 0 Å². The number of carbonyl (C=O) groups is 6. The number of carbonyl (C=O) groups excluding carboxylic acids is 6. The fourth-order valence-electron chi connectivity index (χ4n) is 6.44. The first-order valence-corrected chi connectivity index (χ1v) is 19.6. The Labute approximate surface area is 349 Å². The van der Waals surface area contributed by atoms with Gasteiger partial charge in [-0.05, 0) is 61.9 Å². The highest BCUT2D eigenvalue weighted by Gasteiger charge is 2.53. The average Bonchev–Trinajstić information content (AvgIpc) is 3.56. The summed E-state index contributed by atoms with van der Waals surface area (Å²) < 4.78 is 45.6. The number of hydrogen-bond donors (Lipinski definition) is 2. The summed E-state index contributed by atoms with van der Waals surface area (Å²) in [6.45, 7) is 13.6. The SMILES string of the molecule is CC(=O)OC[C@H]1O[C@@H](Oc2n[nH]c(C(C)C)c2Cc2ccc(OCCCC(=O)NC(C)(C)C(=O)OCc3ccccc3)cc2C)[C@H](OC(C)=O)[C@@H](OC(C)=O)[C@H]1OC(C)=O. The average molecular weight is 838 g/mol. The largest absolute Gasteiger partial charge is 0.494 e. The first-order chi connectivity index (χ1) is 28.3. The molecule has 326 valence electrons. The fraction of sp³-hybridized carbons (Fsp3) is 0.512. The first kappa shape index (κ1) is 46.7. The van der Waals surface area contributed by atoms with Gasteiger partial charge in [-0.1, -0.05) is 50.2 Å². The summed E-state index contributed by atoms with van der Waals surface area (Å²) in [6, 6.07) is 14.9. The van der Waals surface area contributed by atoms with E-state index in [-0.39, 0.29) is 37.3 Å². The Bertz CT molecular complexity index is 1980. The molecule has 0 unspecified atom stereocenters. The van der Waals surface area contributed by atoms with Gasteiger partial charge in [-0.2, -0.15) is 0 Å². The Balaban J connectivity index is 1.45. The van der Waals surface area contributed by atoms with Gasteiger partial charge in [0.1, 0.15) is 30.6 Å². The first-order valence-electron chi connectivity index (χ1n) is 19.6. The second kappa shape index (κ2) is 21.3. The quantitative estimate of drug-likeness (QED) is 0.0951. The minimum Gasteiger partial charge on any atom is -0.494 e. The zero-order valence-electron chi connectivity index (χ0n) is 35.5. The second-order valence-corrected chi connectivity index (χ2v) is 15.2. The molecule has 1 saturated heterocycles. The minimum absolute atomic E-state index is 0.0362. The lowest BCUT2D eigenvalue weighted by Gasteiger charge is -2.43.